The van der Waals surface area contributed by atoms with Crippen LogP contribution in [0.5, 0.6) is 0 Å². The molecule has 17 heavy (non-hydrogen) atoms. The van der Waals surface area contributed by atoms with Gasteiger partial charge in [-0.05, 0) is 37.5 Å². The second kappa shape index (κ2) is 5.65. The number of carbonyl (C=O) groups is 1. The van der Waals surface area contributed by atoms with Gasteiger partial charge >= 0.3 is 0 Å². The Bertz CT molecular complexity index is 402. The van der Waals surface area contributed by atoms with Crippen LogP contribution in [0.3, 0.4) is 0 Å². The number of amides is 1. The fraction of sp³-hybridized carbons (Fsp3) is 0.462. The quantitative estimate of drug-likeness (QED) is 0.932. The SMILES string of the molecule is CC(NC(=O)C1CCCO1)c1cccc(Br)c1. The number of halogens is 1. The molecule has 0 aliphatic carbocycles. The first-order valence-corrected chi connectivity index (χ1v) is 6.63. The fourth-order valence-electron chi connectivity index (χ4n) is 1.95. The average Bonchev–Trinajstić information content (AvgIpc) is 2.82. The van der Waals surface area contributed by atoms with Crippen molar-refractivity contribution in [2.45, 2.75) is 31.9 Å². The summed E-state index contributed by atoms with van der Waals surface area (Å²) >= 11 is 3.43. The Hall–Kier alpha value is -0.870. The van der Waals surface area contributed by atoms with Crippen LogP contribution in [0.2, 0.25) is 0 Å². The van der Waals surface area contributed by atoms with Gasteiger partial charge in [0.05, 0.1) is 6.04 Å². The highest BCUT2D eigenvalue weighted by Crippen LogP contribution is 2.19. The van der Waals surface area contributed by atoms with E-state index in [0.29, 0.717) is 6.61 Å². The van der Waals surface area contributed by atoms with Gasteiger partial charge in [0.15, 0.2) is 0 Å². The third-order valence-electron chi connectivity index (χ3n) is 2.93. The highest BCUT2D eigenvalue weighted by atomic mass is 79.9. The van der Waals surface area contributed by atoms with E-state index >= 15 is 0 Å². The molecule has 1 aromatic rings. The minimum atomic E-state index is -0.260. The maximum Gasteiger partial charge on any atom is 0.249 e. The molecule has 1 aromatic carbocycles. The van der Waals surface area contributed by atoms with Crippen molar-refractivity contribution in [2.24, 2.45) is 0 Å². The zero-order valence-corrected chi connectivity index (χ0v) is 11.4. The molecular formula is C13H16BrNO2. The van der Waals surface area contributed by atoms with Crippen LogP contribution >= 0.6 is 15.9 Å². The highest BCUT2D eigenvalue weighted by molar-refractivity contribution is 9.10. The maximum atomic E-state index is 11.9. The summed E-state index contributed by atoms with van der Waals surface area (Å²) in [7, 11) is 0. The van der Waals surface area contributed by atoms with Crippen molar-refractivity contribution in [1.29, 1.82) is 0 Å². The zero-order valence-electron chi connectivity index (χ0n) is 9.78. The summed E-state index contributed by atoms with van der Waals surface area (Å²) in [5.74, 6) is -0.00465. The number of ether oxygens (including phenoxy) is 1. The molecular weight excluding hydrogens is 282 g/mol. The molecule has 1 N–H and O–H groups in total. The zero-order chi connectivity index (χ0) is 12.3. The summed E-state index contributed by atoms with van der Waals surface area (Å²) in [6.07, 6.45) is 1.55. The van der Waals surface area contributed by atoms with Crippen molar-refractivity contribution in [3.05, 3.63) is 34.3 Å². The van der Waals surface area contributed by atoms with E-state index in [1.165, 1.54) is 0 Å². The van der Waals surface area contributed by atoms with Crippen molar-refractivity contribution >= 4 is 21.8 Å². The number of hydrogen-bond donors (Lipinski definition) is 1. The molecule has 1 fully saturated rings. The van der Waals surface area contributed by atoms with Crippen LogP contribution in [0.1, 0.15) is 31.4 Å². The molecule has 2 rings (SSSR count). The Balaban J connectivity index is 1.96. The third-order valence-corrected chi connectivity index (χ3v) is 3.42. The van der Waals surface area contributed by atoms with Gasteiger partial charge < -0.3 is 10.1 Å². The minimum absolute atomic E-state index is 0.00389. The van der Waals surface area contributed by atoms with Gasteiger partial charge in [-0.25, -0.2) is 0 Å². The van der Waals surface area contributed by atoms with Gasteiger partial charge in [-0.3, -0.25) is 4.79 Å². The van der Waals surface area contributed by atoms with Gasteiger partial charge in [-0.15, -0.1) is 0 Å². The number of hydrogen-bond acceptors (Lipinski definition) is 2. The Labute approximate surface area is 110 Å². The van der Waals surface area contributed by atoms with Crippen LogP contribution < -0.4 is 5.32 Å². The lowest BCUT2D eigenvalue weighted by Gasteiger charge is -2.17. The second-order valence-electron chi connectivity index (χ2n) is 4.29. The van der Waals surface area contributed by atoms with Gasteiger partial charge in [0.1, 0.15) is 6.10 Å². The van der Waals surface area contributed by atoms with E-state index in [4.69, 9.17) is 4.74 Å². The van der Waals surface area contributed by atoms with Crippen molar-refractivity contribution in [1.82, 2.24) is 5.32 Å². The molecule has 1 aliphatic rings. The van der Waals surface area contributed by atoms with Crippen molar-refractivity contribution in [3.8, 4) is 0 Å². The van der Waals surface area contributed by atoms with E-state index in [1.807, 2.05) is 31.2 Å². The molecule has 0 aromatic heterocycles. The van der Waals surface area contributed by atoms with E-state index < -0.39 is 0 Å². The fourth-order valence-corrected chi connectivity index (χ4v) is 2.37. The minimum Gasteiger partial charge on any atom is -0.368 e. The Morgan fingerprint density at radius 1 is 1.59 bits per heavy atom. The number of benzene rings is 1. The topological polar surface area (TPSA) is 38.3 Å². The number of carbonyl (C=O) groups excluding carboxylic acids is 1. The Morgan fingerprint density at radius 3 is 3.06 bits per heavy atom. The molecule has 92 valence electrons. The van der Waals surface area contributed by atoms with Crippen molar-refractivity contribution < 1.29 is 9.53 Å². The summed E-state index contributed by atoms with van der Waals surface area (Å²) in [6.45, 7) is 2.68. The maximum absolute atomic E-state index is 11.9. The normalized spacial score (nSPS) is 21.2. The number of nitrogens with one attached hydrogen (secondary N) is 1. The molecule has 0 radical (unpaired) electrons. The van der Waals surface area contributed by atoms with E-state index in [9.17, 15) is 4.79 Å². The molecule has 0 spiro atoms. The van der Waals surface area contributed by atoms with Crippen molar-refractivity contribution in [3.63, 3.8) is 0 Å². The first-order valence-electron chi connectivity index (χ1n) is 5.84. The van der Waals surface area contributed by atoms with Gasteiger partial charge in [0.25, 0.3) is 0 Å². The summed E-state index contributed by atoms with van der Waals surface area (Å²) in [4.78, 5) is 11.9. The average molecular weight is 298 g/mol. The Kier molecular flexibility index (Phi) is 4.18. The van der Waals surface area contributed by atoms with E-state index in [-0.39, 0.29) is 18.1 Å². The van der Waals surface area contributed by atoms with Crippen LogP contribution in [0, 0.1) is 0 Å². The summed E-state index contributed by atoms with van der Waals surface area (Å²) in [5, 5.41) is 2.98. The second-order valence-corrected chi connectivity index (χ2v) is 5.20. The standard InChI is InChI=1S/C13H16BrNO2/c1-9(10-4-2-5-11(14)8-10)15-13(16)12-6-3-7-17-12/h2,4-5,8-9,12H,3,6-7H2,1H3,(H,15,16). The molecule has 2 atom stereocenters. The van der Waals surface area contributed by atoms with Crippen LogP contribution in [0.25, 0.3) is 0 Å². The lowest BCUT2D eigenvalue weighted by molar-refractivity contribution is -0.130. The first kappa shape index (κ1) is 12.6. The monoisotopic (exact) mass is 297 g/mol. The molecule has 0 saturated carbocycles. The summed E-state index contributed by atoms with van der Waals surface area (Å²) in [5.41, 5.74) is 1.09. The predicted molar refractivity (Wildman–Crippen MR) is 69.7 cm³/mol. The molecule has 1 heterocycles. The smallest absolute Gasteiger partial charge is 0.249 e. The van der Waals surface area contributed by atoms with Gasteiger partial charge in [-0.1, -0.05) is 28.1 Å². The molecule has 1 amide bonds. The number of rotatable bonds is 3. The van der Waals surface area contributed by atoms with Crippen LogP contribution in [0.4, 0.5) is 0 Å². The predicted octanol–water partition coefficient (Wildman–Crippen LogP) is 2.81. The van der Waals surface area contributed by atoms with Gasteiger partial charge in [-0.2, -0.15) is 0 Å². The van der Waals surface area contributed by atoms with Crippen LogP contribution in [0.15, 0.2) is 28.7 Å². The molecule has 4 heteroatoms. The highest BCUT2D eigenvalue weighted by Gasteiger charge is 2.24. The third kappa shape index (κ3) is 3.30. The molecule has 0 bridgehead atoms. The van der Waals surface area contributed by atoms with E-state index in [0.717, 1.165) is 22.9 Å². The largest absolute Gasteiger partial charge is 0.368 e. The lowest BCUT2D eigenvalue weighted by atomic mass is 10.1. The summed E-state index contributed by atoms with van der Waals surface area (Å²) < 4.78 is 6.38. The Morgan fingerprint density at radius 2 is 2.41 bits per heavy atom. The van der Waals surface area contributed by atoms with Crippen LogP contribution in [-0.4, -0.2) is 18.6 Å². The van der Waals surface area contributed by atoms with Gasteiger partial charge in [0.2, 0.25) is 5.91 Å². The molecule has 3 nitrogen and oxygen atoms in total. The first-order chi connectivity index (χ1) is 8.16. The molecule has 1 aliphatic heterocycles. The molecule has 2 unspecified atom stereocenters. The lowest BCUT2D eigenvalue weighted by Crippen LogP contribution is -2.35. The van der Waals surface area contributed by atoms with Crippen LogP contribution in [-0.2, 0) is 9.53 Å². The van der Waals surface area contributed by atoms with E-state index in [1.54, 1.807) is 0 Å². The van der Waals surface area contributed by atoms with Crippen molar-refractivity contribution in [2.75, 3.05) is 6.61 Å². The summed E-state index contributed by atoms with van der Waals surface area (Å²) in [6, 6.07) is 7.96. The van der Waals surface area contributed by atoms with Gasteiger partial charge in [0, 0.05) is 11.1 Å². The molecule has 1 saturated heterocycles. The van der Waals surface area contributed by atoms with E-state index in [2.05, 4.69) is 21.2 Å².